The Balaban J connectivity index is 1.77. The fourth-order valence-corrected chi connectivity index (χ4v) is 1.65. The topological polar surface area (TPSA) is 77.2 Å². The lowest BCUT2D eigenvalue weighted by Gasteiger charge is -2.05. The van der Waals surface area contributed by atoms with Crippen LogP contribution in [-0.4, -0.2) is 32.7 Å². The molecule has 1 N–H and O–H groups in total. The van der Waals surface area contributed by atoms with E-state index in [2.05, 4.69) is 10.3 Å². The molecule has 0 bridgehead atoms. The zero-order chi connectivity index (χ0) is 13.7. The highest BCUT2D eigenvalue weighted by Crippen LogP contribution is 2.15. The smallest absolute Gasteiger partial charge is 0.358 e. The van der Waals surface area contributed by atoms with Crippen LogP contribution in [0.25, 0.3) is 0 Å². The Bertz CT molecular complexity index is 571. The molecule has 0 radical (unpaired) electrons. The van der Waals surface area contributed by atoms with Gasteiger partial charge in [0.2, 0.25) is 0 Å². The Morgan fingerprint density at radius 2 is 2.21 bits per heavy atom. The molecule has 2 aromatic rings. The van der Waals surface area contributed by atoms with Gasteiger partial charge in [-0.15, -0.1) is 5.10 Å². The van der Waals surface area contributed by atoms with Gasteiger partial charge in [0, 0.05) is 5.02 Å². The molecule has 19 heavy (non-hydrogen) atoms. The summed E-state index contributed by atoms with van der Waals surface area (Å²) < 4.78 is 6.88. The Morgan fingerprint density at radius 1 is 1.42 bits per heavy atom. The highest BCUT2D eigenvalue weighted by molar-refractivity contribution is 6.31. The first-order chi connectivity index (χ1) is 9.16. The lowest BCUT2D eigenvalue weighted by molar-refractivity contribution is 0.0690. The summed E-state index contributed by atoms with van der Waals surface area (Å²) in [5, 5.41) is 16.5. The molecule has 6 nitrogen and oxygen atoms in total. The molecule has 0 aliphatic rings. The first-order valence-electron chi connectivity index (χ1n) is 5.61. The van der Waals surface area contributed by atoms with Crippen molar-refractivity contribution < 1.29 is 14.6 Å². The third kappa shape index (κ3) is 3.77. The molecule has 0 fully saturated rings. The zero-order valence-electron chi connectivity index (χ0n) is 9.99. The van der Waals surface area contributed by atoms with Crippen molar-refractivity contribution in [2.45, 2.75) is 13.2 Å². The number of benzene rings is 1. The van der Waals surface area contributed by atoms with Crippen LogP contribution in [0, 0.1) is 0 Å². The maximum atomic E-state index is 10.6. The molecule has 0 unspecified atom stereocenters. The predicted octanol–water partition coefficient (Wildman–Crippen LogP) is 1.85. The van der Waals surface area contributed by atoms with Crippen LogP contribution in [0.5, 0.6) is 0 Å². The van der Waals surface area contributed by atoms with Crippen LogP contribution in [-0.2, 0) is 17.9 Å². The van der Waals surface area contributed by atoms with E-state index in [0.29, 0.717) is 24.8 Å². The number of carboxylic acid groups (broad SMARTS) is 1. The van der Waals surface area contributed by atoms with Gasteiger partial charge in [-0.2, -0.15) is 0 Å². The summed E-state index contributed by atoms with van der Waals surface area (Å²) in [6.07, 6.45) is 1.36. The monoisotopic (exact) mass is 281 g/mol. The molecule has 1 aromatic heterocycles. The summed E-state index contributed by atoms with van der Waals surface area (Å²) in [4.78, 5) is 10.6. The van der Waals surface area contributed by atoms with Crippen molar-refractivity contribution in [1.82, 2.24) is 15.0 Å². The van der Waals surface area contributed by atoms with Gasteiger partial charge in [-0.05, 0) is 11.6 Å². The summed E-state index contributed by atoms with van der Waals surface area (Å²) in [6, 6.07) is 7.44. The van der Waals surface area contributed by atoms with Crippen LogP contribution >= 0.6 is 11.6 Å². The fraction of sp³-hybridized carbons (Fsp3) is 0.250. The summed E-state index contributed by atoms with van der Waals surface area (Å²) in [5.74, 6) is -1.09. The van der Waals surface area contributed by atoms with E-state index in [4.69, 9.17) is 21.4 Å². The van der Waals surface area contributed by atoms with Gasteiger partial charge in [-0.25, -0.2) is 9.48 Å². The molecule has 0 saturated carbocycles. The molecule has 100 valence electrons. The number of ether oxygens (including phenoxy) is 1. The number of carbonyl (C=O) groups is 1. The maximum Gasteiger partial charge on any atom is 0.358 e. The average molecular weight is 282 g/mol. The number of aromatic carboxylic acids is 1. The second-order valence-electron chi connectivity index (χ2n) is 3.82. The number of hydrogen-bond acceptors (Lipinski definition) is 4. The Kier molecular flexibility index (Phi) is 4.48. The van der Waals surface area contributed by atoms with E-state index >= 15 is 0 Å². The van der Waals surface area contributed by atoms with Gasteiger partial charge >= 0.3 is 5.97 Å². The molecule has 2 rings (SSSR count). The van der Waals surface area contributed by atoms with Crippen molar-refractivity contribution in [3.8, 4) is 0 Å². The molecule has 1 aromatic carbocycles. The second kappa shape index (κ2) is 6.31. The Morgan fingerprint density at radius 3 is 2.89 bits per heavy atom. The quantitative estimate of drug-likeness (QED) is 0.818. The van der Waals surface area contributed by atoms with Crippen molar-refractivity contribution in [3.05, 3.63) is 46.7 Å². The van der Waals surface area contributed by atoms with Gasteiger partial charge in [0.05, 0.1) is 26.0 Å². The van der Waals surface area contributed by atoms with E-state index in [0.717, 1.165) is 5.56 Å². The number of aromatic nitrogens is 3. The van der Waals surface area contributed by atoms with Crippen molar-refractivity contribution in [2.75, 3.05) is 6.61 Å². The standard InChI is InChI=1S/C12H12ClN3O3/c13-10-4-2-1-3-9(10)8-19-6-5-16-7-11(12(17)18)14-15-16/h1-4,7H,5-6,8H2,(H,17,18). The summed E-state index contributed by atoms with van der Waals surface area (Å²) >= 11 is 5.99. The van der Waals surface area contributed by atoms with Gasteiger partial charge in [0.15, 0.2) is 5.69 Å². The molecule has 0 aliphatic heterocycles. The third-order valence-electron chi connectivity index (χ3n) is 2.44. The van der Waals surface area contributed by atoms with Gasteiger partial charge in [-0.1, -0.05) is 35.0 Å². The summed E-state index contributed by atoms with van der Waals surface area (Å²) in [5.41, 5.74) is 0.833. The molecular weight excluding hydrogens is 270 g/mol. The van der Waals surface area contributed by atoms with Gasteiger partial charge in [0.1, 0.15) is 0 Å². The number of halogens is 1. The Hall–Kier alpha value is -1.92. The highest BCUT2D eigenvalue weighted by Gasteiger charge is 2.07. The van der Waals surface area contributed by atoms with Crippen molar-refractivity contribution in [2.24, 2.45) is 0 Å². The lowest BCUT2D eigenvalue weighted by atomic mass is 10.2. The van der Waals surface area contributed by atoms with Crippen LogP contribution in [0.15, 0.2) is 30.5 Å². The van der Waals surface area contributed by atoms with Crippen LogP contribution in [0.3, 0.4) is 0 Å². The maximum absolute atomic E-state index is 10.6. The van der Waals surface area contributed by atoms with Crippen LogP contribution in [0.2, 0.25) is 5.02 Å². The van der Waals surface area contributed by atoms with E-state index in [9.17, 15) is 4.79 Å². The highest BCUT2D eigenvalue weighted by atomic mass is 35.5. The first kappa shape index (κ1) is 13.5. The Labute approximate surface area is 114 Å². The summed E-state index contributed by atoms with van der Waals surface area (Å²) in [7, 11) is 0. The molecule has 0 spiro atoms. The zero-order valence-corrected chi connectivity index (χ0v) is 10.7. The normalized spacial score (nSPS) is 10.6. The van der Waals surface area contributed by atoms with E-state index in [1.165, 1.54) is 10.9 Å². The van der Waals surface area contributed by atoms with Crippen LogP contribution in [0.4, 0.5) is 0 Å². The van der Waals surface area contributed by atoms with Gasteiger partial charge in [-0.3, -0.25) is 0 Å². The van der Waals surface area contributed by atoms with E-state index in [-0.39, 0.29) is 5.69 Å². The molecule has 0 saturated heterocycles. The molecule has 0 aliphatic carbocycles. The van der Waals surface area contributed by atoms with Crippen molar-refractivity contribution in [1.29, 1.82) is 0 Å². The van der Waals surface area contributed by atoms with Crippen molar-refractivity contribution >= 4 is 17.6 Å². The second-order valence-corrected chi connectivity index (χ2v) is 4.22. The number of hydrogen-bond donors (Lipinski definition) is 1. The van der Waals surface area contributed by atoms with E-state index in [1.54, 1.807) is 6.07 Å². The van der Waals surface area contributed by atoms with E-state index in [1.807, 2.05) is 18.2 Å². The van der Waals surface area contributed by atoms with Crippen molar-refractivity contribution in [3.63, 3.8) is 0 Å². The molecule has 0 atom stereocenters. The number of carboxylic acids is 1. The SMILES string of the molecule is O=C(O)c1cn(CCOCc2ccccc2Cl)nn1. The largest absolute Gasteiger partial charge is 0.476 e. The van der Waals surface area contributed by atoms with Gasteiger partial charge in [0.25, 0.3) is 0 Å². The van der Waals surface area contributed by atoms with Crippen LogP contribution < -0.4 is 0 Å². The average Bonchev–Trinajstić information content (AvgIpc) is 2.85. The first-order valence-corrected chi connectivity index (χ1v) is 5.99. The minimum Gasteiger partial charge on any atom is -0.476 e. The third-order valence-corrected chi connectivity index (χ3v) is 2.81. The van der Waals surface area contributed by atoms with Crippen LogP contribution in [0.1, 0.15) is 16.1 Å². The van der Waals surface area contributed by atoms with Gasteiger partial charge < -0.3 is 9.84 Å². The minimum atomic E-state index is -1.09. The molecule has 7 heteroatoms. The predicted molar refractivity (Wildman–Crippen MR) is 68.1 cm³/mol. The molecular formula is C12H12ClN3O3. The molecule has 0 amide bonds. The number of rotatable bonds is 6. The summed E-state index contributed by atoms with van der Waals surface area (Å²) in [6.45, 7) is 1.23. The van der Waals surface area contributed by atoms with E-state index < -0.39 is 5.97 Å². The minimum absolute atomic E-state index is 0.0777. The lowest BCUT2D eigenvalue weighted by Crippen LogP contribution is -2.07. The number of nitrogens with zero attached hydrogens (tertiary/aromatic N) is 3. The molecule has 1 heterocycles. The fourth-order valence-electron chi connectivity index (χ4n) is 1.46.